The number of rotatable bonds is 8. The third kappa shape index (κ3) is 6.45. The lowest BCUT2D eigenvalue weighted by molar-refractivity contribution is -0.384. The molecule has 38 heavy (non-hydrogen) atoms. The van der Waals surface area contributed by atoms with Crippen molar-refractivity contribution in [3.05, 3.63) is 94.0 Å². The van der Waals surface area contributed by atoms with Gasteiger partial charge in [-0.3, -0.25) is 14.9 Å². The Labute approximate surface area is 231 Å². The minimum atomic E-state index is -1.14. The molecule has 0 saturated carbocycles. The fourth-order valence-electron chi connectivity index (χ4n) is 3.96. The maximum Gasteiger partial charge on any atom is 0.338 e. The van der Waals surface area contributed by atoms with E-state index in [2.05, 4.69) is 0 Å². The van der Waals surface area contributed by atoms with Gasteiger partial charge in [0.15, 0.2) is 6.10 Å². The maximum absolute atomic E-state index is 14.0. The zero-order valence-electron chi connectivity index (χ0n) is 21.1. The predicted octanol–water partition coefficient (Wildman–Crippen LogP) is 4.99. The minimum absolute atomic E-state index is 0. The van der Waals surface area contributed by atoms with Gasteiger partial charge in [-0.15, -0.1) is 24.2 Å². The molecule has 0 spiro atoms. The van der Waals surface area contributed by atoms with Crippen molar-refractivity contribution in [2.24, 2.45) is 0 Å². The van der Waals surface area contributed by atoms with Crippen LogP contribution >= 0.6 is 24.2 Å². The quantitative estimate of drug-likeness (QED) is 0.217. The fourth-order valence-corrected chi connectivity index (χ4v) is 5.28. The number of benzene rings is 3. The van der Waals surface area contributed by atoms with Gasteiger partial charge in [0.1, 0.15) is 5.75 Å². The molecule has 0 unspecified atom stereocenters. The predicted molar refractivity (Wildman–Crippen MR) is 148 cm³/mol. The molecule has 1 amide bonds. The van der Waals surface area contributed by atoms with Crippen LogP contribution in [0, 0.1) is 10.1 Å². The molecule has 4 rings (SSSR count). The van der Waals surface area contributed by atoms with Gasteiger partial charge < -0.3 is 19.3 Å². The number of nitro benzene ring substituents is 1. The molecule has 0 fully saturated rings. The zero-order chi connectivity index (χ0) is 26.5. The van der Waals surface area contributed by atoms with Gasteiger partial charge in [0.05, 0.1) is 28.5 Å². The molecule has 200 valence electrons. The fraction of sp³-hybridized carbons (Fsp3) is 0.259. The number of nitrogens with zero attached hydrogens (tertiary/aromatic N) is 3. The number of esters is 1. The number of likely N-dealkylation sites (N-methyl/N-ethyl adjacent to an activating group) is 1. The zero-order valence-corrected chi connectivity index (χ0v) is 22.7. The summed E-state index contributed by atoms with van der Waals surface area (Å²) in [5.74, 6) is -0.401. The molecular formula is C27H28ClN3O6S. The second-order valence-electron chi connectivity index (χ2n) is 8.70. The number of amides is 1. The Hall–Kier alpha value is -3.60. The van der Waals surface area contributed by atoms with Crippen molar-refractivity contribution in [1.82, 2.24) is 4.90 Å². The Bertz CT molecular complexity index is 1290. The first-order chi connectivity index (χ1) is 17.8. The number of anilines is 1. The lowest BCUT2D eigenvalue weighted by Gasteiger charge is -2.28. The van der Waals surface area contributed by atoms with Gasteiger partial charge in [-0.05, 0) is 56.1 Å². The van der Waals surface area contributed by atoms with E-state index < -0.39 is 22.2 Å². The lowest BCUT2D eigenvalue weighted by atomic mass is 10.1. The van der Waals surface area contributed by atoms with E-state index in [9.17, 15) is 19.7 Å². The first-order valence-electron chi connectivity index (χ1n) is 11.6. The summed E-state index contributed by atoms with van der Waals surface area (Å²) in [7, 11) is 5.43. The SMILES string of the molecule is COc1ccc([C@@H]2Sc3ccccc3N(CCN(C)C)C(=O)[C@@H]2OC(=O)c2ccc([N+](=O)[O-])cc2)cc1.Cl. The van der Waals surface area contributed by atoms with Gasteiger partial charge in [0.25, 0.3) is 11.6 Å². The third-order valence-electron chi connectivity index (χ3n) is 5.96. The van der Waals surface area contributed by atoms with Crippen molar-refractivity contribution >= 4 is 47.4 Å². The number of para-hydroxylation sites is 1. The molecule has 1 heterocycles. The number of methoxy groups -OCH3 is 1. The van der Waals surface area contributed by atoms with Gasteiger partial charge in [0, 0.05) is 30.1 Å². The number of fused-ring (bicyclic) bond motifs is 1. The van der Waals surface area contributed by atoms with E-state index in [1.54, 1.807) is 24.1 Å². The van der Waals surface area contributed by atoms with Gasteiger partial charge in [0.2, 0.25) is 0 Å². The first kappa shape index (κ1) is 29.0. The second-order valence-corrected chi connectivity index (χ2v) is 9.89. The normalized spacial score (nSPS) is 16.7. The van der Waals surface area contributed by atoms with Crippen molar-refractivity contribution in [1.29, 1.82) is 0 Å². The summed E-state index contributed by atoms with van der Waals surface area (Å²) in [4.78, 5) is 42.2. The summed E-state index contributed by atoms with van der Waals surface area (Å²) >= 11 is 1.45. The van der Waals surface area contributed by atoms with E-state index >= 15 is 0 Å². The summed E-state index contributed by atoms with van der Waals surface area (Å²) in [6.07, 6.45) is -1.14. The van der Waals surface area contributed by atoms with E-state index in [1.807, 2.05) is 55.4 Å². The van der Waals surface area contributed by atoms with Crippen LogP contribution in [-0.2, 0) is 9.53 Å². The highest BCUT2D eigenvalue weighted by atomic mass is 35.5. The van der Waals surface area contributed by atoms with Crippen LogP contribution in [0.3, 0.4) is 0 Å². The van der Waals surface area contributed by atoms with Crippen LogP contribution in [0.1, 0.15) is 21.2 Å². The molecule has 11 heteroatoms. The van der Waals surface area contributed by atoms with E-state index in [1.165, 1.54) is 36.0 Å². The molecule has 3 aromatic carbocycles. The molecule has 1 aliphatic rings. The van der Waals surface area contributed by atoms with E-state index in [-0.39, 0.29) is 29.6 Å². The van der Waals surface area contributed by atoms with Crippen LogP contribution < -0.4 is 9.64 Å². The number of carbonyl (C=O) groups is 2. The number of non-ortho nitro benzene ring substituents is 1. The molecule has 9 nitrogen and oxygen atoms in total. The van der Waals surface area contributed by atoms with Crippen molar-refractivity contribution in [3.63, 3.8) is 0 Å². The molecule has 0 aromatic heterocycles. The molecule has 0 N–H and O–H groups in total. The van der Waals surface area contributed by atoms with Crippen LogP contribution in [0.2, 0.25) is 0 Å². The number of thioether (sulfide) groups is 1. The average Bonchev–Trinajstić information content (AvgIpc) is 3.01. The number of carbonyl (C=O) groups excluding carboxylic acids is 2. The molecule has 0 saturated heterocycles. The molecule has 0 aliphatic carbocycles. The Balaban J connectivity index is 0.00000400. The number of ether oxygens (including phenoxy) is 2. The average molecular weight is 558 g/mol. The lowest BCUT2D eigenvalue weighted by Crippen LogP contribution is -2.45. The highest BCUT2D eigenvalue weighted by Crippen LogP contribution is 2.47. The maximum atomic E-state index is 14.0. The highest BCUT2D eigenvalue weighted by molar-refractivity contribution is 7.99. The Morgan fingerprint density at radius 2 is 1.71 bits per heavy atom. The summed E-state index contributed by atoms with van der Waals surface area (Å²) in [6, 6.07) is 20.1. The monoisotopic (exact) mass is 557 g/mol. The van der Waals surface area contributed by atoms with Crippen LogP contribution in [0.5, 0.6) is 5.75 Å². The largest absolute Gasteiger partial charge is 0.497 e. The van der Waals surface area contributed by atoms with Crippen molar-refractivity contribution in [2.45, 2.75) is 16.2 Å². The number of hydrogen-bond acceptors (Lipinski definition) is 8. The van der Waals surface area contributed by atoms with E-state index in [0.717, 1.165) is 16.1 Å². The highest BCUT2D eigenvalue weighted by Gasteiger charge is 2.41. The molecule has 3 aromatic rings. The molecule has 1 aliphatic heterocycles. The number of nitro groups is 1. The van der Waals surface area contributed by atoms with Crippen LogP contribution in [-0.4, -0.2) is 62.1 Å². The standard InChI is InChI=1S/C27H27N3O6S.ClH/c1-28(2)16-17-29-22-6-4-5-7-23(22)37-25(18-10-14-21(35-3)15-11-18)24(26(29)31)36-27(32)19-8-12-20(13-9-19)30(33)34;/h4-15,24-25H,16-17H2,1-3H3;1H/t24-,25+;/m1./s1. The third-order valence-corrected chi connectivity index (χ3v) is 7.33. The summed E-state index contributed by atoms with van der Waals surface area (Å²) in [5, 5.41) is 10.5. The summed E-state index contributed by atoms with van der Waals surface area (Å²) in [5.41, 5.74) is 1.54. The van der Waals surface area contributed by atoms with Gasteiger partial charge in [-0.1, -0.05) is 24.3 Å². The number of halogens is 1. The molecular weight excluding hydrogens is 530 g/mol. The Kier molecular flexibility index (Phi) is 9.73. The van der Waals surface area contributed by atoms with E-state index in [4.69, 9.17) is 9.47 Å². The van der Waals surface area contributed by atoms with Crippen LogP contribution in [0.4, 0.5) is 11.4 Å². The van der Waals surface area contributed by atoms with Crippen LogP contribution in [0.25, 0.3) is 0 Å². The van der Waals surface area contributed by atoms with Crippen molar-refractivity contribution in [2.75, 3.05) is 39.2 Å². The van der Waals surface area contributed by atoms with E-state index in [0.29, 0.717) is 18.8 Å². The first-order valence-corrected chi connectivity index (χ1v) is 12.5. The van der Waals surface area contributed by atoms with Gasteiger partial charge in [-0.25, -0.2) is 4.79 Å². The smallest absolute Gasteiger partial charge is 0.338 e. The minimum Gasteiger partial charge on any atom is -0.497 e. The summed E-state index contributed by atoms with van der Waals surface area (Å²) in [6.45, 7) is 1.02. The van der Waals surface area contributed by atoms with Crippen LogP contribution in [0.15, 0.2) is 77.7 Å². The molecule has 0 radical (unpaired) electrons. The number of hydrogen-bond donors (Lipinski definition) is 0. The Morgan fingerprint density at radius 1 is 1.05 bits per heavy atom. The van der Waals surface area contributed by atoms with Gasteiger partial charge >= 0.3 is 5.97 Å². The molecule has 0 bridgehead atoms. The Morgan fingerprint density at radius 3 is 2.32 bits per heavy atom. The second kappa shape index (κ2) is 12.8. The van der Waals surface area contributed by atoms with Gasteiger partial charge in [-0.2, -0.15) is 0 Å². The molecule has 2 atom stereocenters. The van der Waals surface area contributed by atoms with Crippen molar-refractivity contribution in [3.8, 4) is 5.75 Å². The topological polar surface area (TPSA) is 102 Å². The summed E-state index contributed by atoms with van der Waals surface area (Å²) < 4.78 is 11.2. The van der Waals surface area contributed by atoms with Crippen molar-refractivity contribution < 1.29 is 24.0 Å².